The van der Waals surface area contributed by atoms with Crippen molar-refractivity contribution in [1.82, 2.24) is 0 Å². The van der Waals surface area contributed by atoms with Crippen LogP contribution in [0.15, 0.2) is 0 Å². The Balaban J connectivity index is 0. The lowest BCUT2D eigenvalue weighted by atomic mass is 10.7. The molecule has 0 spiro atoms. The first kappa shape index (κ1) is 12.2. The van der Waals surface area contributed by atoms with E-state index in [1.807, 2.05) is 20.8 Å². The largest absolute Gasteiger partial charge is 0.353 e. The Bertz CT molecular complexity index is 44.3. The van der Waals surface area contributed by atoms with Gasteiger partial charge in [-0.15, -0.1) is 0 Å². The molecule has 0 fully saturated rings. The van der Waals surface area contributed by atoms with Gasteiger partial charge in [0.1, 0.15) is 0 Å². The maximum Gasteiger partial charge on any atom is 0.187 e. The third-order valence-corrected chi connectivity index (χ3v) is 0.803. The second kappa shape index (κ2) is 8.45. The van der Waals surface area contributed by atoms with Crippen molar-refractivity contribution in [2.75, 3.05) is 13.2 Å². The normalized spacial score (nSPS) is 9.33. The quantitative estimate of drug-likeness (QED) is 0.419. The average molecular weight is 148 g/mol. The summed E-state index contributed by atoms with van der Waals surface area (Å²) in [6.07, 6.45) is -0.0370. The average Bonchev–Trinajstić information content (AvgIpc) is 1.68. The molecule has 0 aromatic rings. The van der Waals surface area contributed by atoms with Crippen LogP contribution in [0.25, 0.3) is 0 Å². The first-order valence-electron chi connectivity index (χ1n) is 3.04. The topological polar surface area (TPSA) is 18.5 Å². The van der Waals surface area contributed by atoms with Crippen LogP contribution in [0.2, 0.25) is 0 Å². The van der Waals surface area contributed by atoms with Gasteiger partial charge in [-0.05, 0) is 20.8 Å². The van der Waals surface area contributed by atoms with E-state index in [9.17, 15) is 0 Å². The summed E-state index contributed by atoms with van der Waals surface area (Å²) in [5.74, 6) is 0. The fourth-order valence-electron chi connectivity index (χ4n) is 0.518. The molecule has 9 heavy (non-hydrogen) atoms. The van der Waals surface area contributed by atoms with E-state index in [1.54, 1.807) is 0 Å². The molecule has 0 saturated carbocycles. The summed E-state index contributed by atoms with van der Waals surface area (Å²) in [7, 11) is 0. The van der Waals surface area contributed by atoms with Gasteiger partial charge in [0.05, 0.1) is 0 Å². The molecule has 0 N–H and O–H groups in total. The molecule has 0 heterocycles. The van der Waals surface area contributed by atoms with Crippen molar-refractivity contribution in [3.05, 3.63) is 0 Å². The Morgan fingerprint density at radius 2 is 1.44 bits per heavy atom. The van der Waals surface area contributed by atoms with Gasteiger partial charge in [0, 0.05) is 13.2 Å². The fourth-order valence-corrected chi connectivity index (χ4v) is 0.518. The molecular weight excluding hydrogens is 131 g/mol. The van der Waals surface area contributed by atoms with Crippen LogP contribution < -0.4 is 0 Å². The van der Waals surface area contributed by atoms with Crippen LogP contribution in [0.3, 0.4) is 0 Å². The second-order valence-corrected chi connectivity index (χ2v) is 1.48. The standard InChI is InChI=1S/C6H14O2.Al.3H/c1-4-7-6(3)8-5-2;;;;/h6H,4-5H2,1-3H3;;;;. The van der Waals surface area contributed by atoms with Crippen molar-refractivity contribution >= 4 is 17.4 Å². The highest BCUT2D eigenvalue weighted by Crippen LogP contribution is 1.90. The maximum atomic E-state index is 5.06. The van der Waals surface area contributed by atoms with Crippen molar-refractivity contribution in [3.63, 3.8) is 0 Å². The lowest BCUT2D eigenvalue weighted by Gasteiger charge is -2.09. The number of ether oxygens (including phenoxy) is 2. The first-order chi connectivity index (χ1) is 3.81. The molecule has 0 amide bonds. The molecule has 0 radical (unpaired) electrons. The van der Waals surface area contributed by atoms with E-state index in [1.165, 1.54) is 0 Å². The third kappa shape index (κ3) is 8.45. The second-order valence-electron chi connectivity index (χ2n) is 1.48. The van der Waals surface area contributed by atoms with Gasteiger partial charge >= 0.3 is 0 Å². The first-order valence-corrected chi connectivity index (χ1v) is 3.04. The van der Waals surface area contributed by atoms with Gasteiger partial charge in [-0.25, -0.2) is 0 Å². The lowest BCUT2D eigenvalue weighted by molar-refractivity contribution is -0.123. The number of rotatable bonds is 4. The SMILES string of the molecule is CCOC(C)OCC.[AlH3]. The van der Waals surface area contributed by atoms with Crippen LogP contribution in [0.5, 0.6) is 0 Å². The van der Waals surface area contributed by atoms with E-state index in [-0.39, 0.29) is 23.7 Å². The Morgan fingerprint density at radius 3 is 1.67 bits per heavy atom. The van der Waals surface area contributed by atoms with Crippen molar-refractivity contribution in [3.8, 4) is 0 Å². The van der Waals surface area contributed by atoms with E-state index in [4.69, 9.17) is 9.47 Å². The molecule has 0 atom stereocenters. The van der Waals surface area contributed by atoms with E-state index in [2.05, 4.69) is 0 Å². The van der Waals surface area contributed by atoms with E-state index in [0.717, 1.165) is 13.2 Å². The van der Waals surface area contributed by atoms with Crippen molar-refractivity contribution in [2.45, 2.75) is 27.1 Å². The Hall–Kier alpha value is 0.452. The van der Waals surface area contributed by atoms with Gasteiger partial charge in [-0.2, -0.15) is 0 Å². The van der Waals surface area contributed by atoms with Gasteiger partial charge in [0.2, 0.25) is 0 Å². The number of hydrogen-bond acceptors (Lipinski definition) is 2. The molecule has 56 valence electrons. The molecule has 0 aliphatic rings. The van der Waals surface area contributed by atoms with E-state index in [0.29, 0.717) is 0 Å². The van der Waals surface area contributed by atoms with Gasteiger partial charge < -0.3 is 9.47 Å². The molecule has 0 rings (SSSR count). The van der Waals surface area contributed by atoms with E-state index < -0.39 is 0 Å². The fraction of sp³-hybridized carbons (Fsp3) is 1.00. The minimum atomic E-state index is -0.0370. The summed E-state index contributed by atoms with van der Waals surface area (Å²) < 4.78 is 10.1. The molecule has 3 heteroatoms. The maximum absolute atomic E-state index is 5.06. The van der Waals surface area contributed by atoms with Crippen molar-refractivity contribution in [2.24, 2.45) is 0 Å². The minimum Gasteiger partial charge on any atom is -0.353 e. The zero-order valence-corrected chi connectivity index (χ0v) is 5.81. The Morgan fingerprint density at radius 1 is 1.11 bits per heavy atom. The molecule has 0 bridgehead atoms. The summed E-state index contributed by atoms with van der Waals surface area (Å²) in [5.41, 5.74) is 0. The van der Waals surface area contributed by atoms with Gasteiger partial charge in [0.15, 0.2) is 23.7 Å². The van der Waals surface area contributed by atoms with Crippen LogP contribution in [-0.4, -0.2) is 36.9 Å². The van der Waals surface area contributed by atoms with E-state index >= 15 is 0 Å². The molecule has 0 aromatic carbocycles. The molecule has 0 aliphatic carbocycles. The zero-order valence-electron chi connectivity index (χ0n) is 5.81. The Kier molecular flexibility index (Phi) is 11.4. The van der Waals surface area contributed by atoms with Gasteiger partial charge in [-0.3, -0.25) is 0 Å². The van der Waals surface area contributed by atoms with Crippen LogP contribution in [-0.2, 0) is 9.47 Å². The minimum absolute atomic E-state index is 0. The molecule has 2 nitrogen and oxygen atoms in total. The summed E-state index contributed by atoms with van der Waals surface area (Å²) in [5, 5.41) is 0. The molecule has 0 unspecified atom stereocenters. The smallest absolute Gasteiger partial charge is 0.187 e. The highest BCUT2D eigenvalue weighted by molar-refractivity contribution is 5.75. The predicted octanol–water partition coefficient (Wildman–Crippen LogP) is 0.221. The van der Waals surface area contributed by atoms with Crippen LogP contribution >= 0.6 is 0 Å². The number of hydrogen-bond donors (Lipinski definition) is 0. The van der Waals surface area contributed by atoms with Crippen LogP contribution in [0.4, 0.5) is 0 Å². The van der Waals surface area contributed by atoms with Gasteiger partial charge in [-0.1, -0.05) is 0 Å². The molecule has 0 saturated heterocycles. The zero-order chi connectivity index (χ0) is 6.41. The molecular formula is C6H17AlO2. The monoisotopic (exact) mass is 148 g/mol. The van der Waals surface area contributed by atoms with Gasteiger partial charge in [0.25, 0.3) is 0 Å². The van der Waals surface area contributed by atoms with Crippen LogP contribution in [0, 0.1) is 0 Å². The molecule has 0 aromatic heterocycles. The lowest BCUT2D eigenvalue weighted by Crippen LogP contribution is -2.11. The highest BCUT2D eigenvalue weighted by Gasteiger charge is 1.94. The summed E-state index contributed by atoms with van der Waals surface area (Å²) >= 11 is 0. The highest BCUT2D eigenvalue weighted by atomic mass is 27.0. The van der Waals surface area contributed by atoms with Crippen molar-refractivity contribution in [1.29, 1.82) is 0 Å². The summed E-state index contributed by atoms with van der Waals surface area (Å²) in [6.45, 7) is 7.25. The summed E-state index contributed by atoms with van der Waals surface area (Å²) in [4.78, 5) is 0. The predicted molar refractivity (Wildman–Crippen MR) is 42.7 cm³/mol. The van der Waals surface area contributed by atoms with Crippen molar-refractivity contribution < 1.29 is 9.47 Å². The summed E-state index contributed by atoms with van der Waals surface area (Å²) in [6, 6.07) is 0. The third-order valence-electron chi connectivity index (χ3n) is 0.803. The Labute approximate surface area is 67.7 Å². The van der Waals surface area contributed by atoms with Crippen LogP contribution in [0.1, 0.15) is 20.8 Å². The molecule has 0 aliphatic heterocycles.